The summed E-state index contributed by atoms with van der Waals surface area (Å²) in [6.07, 6.45) is 11.8. The summed E-state index contributed by atoms with van der Waals surface area (Å²) in [4.78, 5) is 6.73. The highest BCUT2D eigenvalue weighted by Gasteiger charge is 2.25. The number of terminal acetylenes is 1. The second-order valence-corrected chi connectivity index (χ2v) is 9.25. The fourth-order valence-corrected chi connectivity index (χ4v) is 4.81. The van der Waals surface area contributed by atoms with Crippen molar-refractivity contribution in [2.24, 2.45) is 0 Å². The number of halogens is 3. The van der Waals surface area contributed by atoms with Gasteiger partial charge in [0.25, 0.3) is 5.95 Å². The molecular formula is C29H20F3N7O. The van der Waals surface area contributed by atoms with Crippen molar-refractivity contribution in [3.05, 3.63) is 84.3 Å². The monoisotopic (exact) mass is 539 g/mol. The molecule has 0 spiro atoms. The van der Waals surface area contributed by atoms with Gasteiger partial charge in [0.15, 0.2) is 0 Å². The van der Waals surface area contributed by atoms with Gasteiger partial charge >= 0.3 is 6.55 Å². The van der Waals surface area contributed by atoms with Crippen molar-refractivity contribution >= 4 is 11.3 Å². The number of pyridine rings is 2. The molecule has 1 aromatic carbocycles. The summed E-state index contributed by atoms with van der Waals surface area (Å²) >= 11 is 0. The predicted octanol–water partition coefficient (Wildman–Crippen LogP) is 5.30. The molecule has 5 heterocycles. The minimum atomic E-state index is -2.80. The average molecular weight is 540 g/mol. The van der Waals surface area contributed by atoms with Crippen LogP contribution in [0.2, 0.25) is 0 Å². The molecule has 0 N–H and O–H groups in total. The lowest BCUT2D eigenvalue weighted by molar-refractivity contribution is 0.0566. The Morgan fingerprint density at radius 1 is 1.05 bits per heavy atom. The summed E-state index contributed by atoms with van der Waals surface area (Å²) in [7, 11) is 0. The van der Waals surface area contributed by atoms with Gasteiger partial charge in [-0.3, -0.25) is 0 Å². The largest absolute Gasteiger partial charge is 0.489 e. The Labute approximate surface area is 226 Å². The number of hydrogen-bond donors (Lipinski definition) is 0. The fourth-order valence-electron chi connectivity index (χ4n) is 4.81. The molecule has 0 saturated carbocycles. The number of ether oxygens (including phenoxy) is 1. The van der Waals surface area contributed by atoms with Crippen LogP contribution in [0.3, 0.4) is 0 Å². The number of rotatable bonds is 6. The van der Waals surface area contributed by atoms with Gasteiger partial charge in [-0.2, -0.15) is 23.5 Å². The molecule has 198 valence electrons. The van der Waals surface area contributed by atoms with Crippen molar-refractivity contribution in [3.63, 3.8) is 0 Å². The van der Waals surface area contributed by atoms with E-state index in [4.69, 9.17) is 11.2 Å². The Morgan fingerprint density at radius 2 is 1.88 bits per heavy atom. The SMILES string of the molecule is C#Cc1ccc(OC2CCN(c3ccc(-c4cc(-c5cnn(C(F)F)c5)cn5nc(F)c(C#N)c45)cn3)C2)cc1. The van der Waals surface area contributed by atoms with Gasteiger partial charge in [-0.05, 0) is 42.5 Å². The van der Waals surface area contributed by atoms with Gasteiger partial charge < -0.3 is 9.64 Å². The zero-order valence-electron chi connectivity index (χ0n) is 20.9. The number of nitriles is 1. The molecule has 5 aromatic rings. The van der Waals surface area contributed by atoms with Gasteiger partial charge in [-0.15, -0.1) is 11.5 Å². The molecule has 0 radical (unpaired) electrons. The first kappa shape index (κ1) is 25.0. The number of fused-ring (bicyclic) bond motifs is 1. The summed E-state index contributed by atoms with van der Waals surface area (Å²) in [5.74, 6) is 3.15. The Bertz CT molecular complexity index is 1780. The van der Waals surface area contributed by atoms with Crippen LogP contribution in [0.15, 0.2) is 67.3 Å². The zero-order valence-corrected chi connectivity index (χ0v) is 20.9. The number of aromatic nitrogens is 5. The van der Waals surface area contributed by atoms with Crippen molar-refractivity contribution in [1.82, 2.24) is 24.4 Å². The van der Waals surface area contributed by atoms with Gasteiger partial charge in [0.2, 0.25) is 0 Å². The van der Waals surface area contributed by atoms with E-state index in [1.165, 1.54) is 23.1 Å². The van der Waals surface area contributed by atoms with Crippen LogP contribution in [0.1, 0.15) is 24.1 Å². The first-order valence-corrected chi connectivity index (χ1v) is 12.3. The second kappa shape index (κ2) is 10.1. The molecule has 0 bridgehead atoms. The number of hydrogen-bond acceptors (Lipinski definition) is 6. The third kappa shape index (κ3) is 4.58. The predicted molar refractivity (Wildman–Crippen MR) is 141 cm³/mol. The highest BCUT2D eigenvalue weighted by atomic mass is 19.3. The Morgan fingerprint density at radius 3 is 2.55 bits per heavy atom. The molecular weight excluding hydrogens is 519 g/mol. The summed E-state index contributed by atoms with van der Waals surface area (Å²) in [5.41, 5.74) is 2.77. The van der Waals surface area contributed by atoms with Crippen molar-refractivity contribution in [2.45, 2.75) is 19.1 Å². The van der Waals surface area contributed by atoms with Crippen molar-refractivity contribution in [2.75, 3.05) is 18.0 Å². The van der Waals surface area contributed by atoms with Crippen molar-refractivity contribution in [1.29, 1.82) is 5.26 Å². The van der Waals surface area contributed by atoms with Crippen molar-refractivity contribution < 1.29 is 17.9 Å². The molecule has 8 nitrogen and oxygen atoms in total. The standard InChI is InChI=1S/C29H20F3N7O/c1-2-18-3-6-22(7-4-18)40-23-9-10-37(17-23)26-8-5-19(13-34-26)24-11-20(21-14-35-39(16-21)29(31)32)15-38-27(24)25(12-33)28(30)36-38/h1,3-8,11,13-16,23,29H,9-10,17H2. The van der Waals surface area contributed by atoms with Crippen LogP contribution in [-0.4, -0.2) is 43.6 Å². The van der Waals surface area contributed by atoms with E-state index >= 15 is 0 Å². The lowest BCUT2D eigenvalue weighted by Gasteiger charge is -2.18. The van der Waals surface area contributed by atoms with Crippen LogP contribution >= 0.6 is 0 Å². The van der Waals surface area contributed by atoms with E-state index in [0.717, 1.165) is 30.1 Å². The van der Waals surface area contributed by atoms with E-state index in [-0.39, 0.29) is 17.2 Å². The highest BCUT2D eigenvalue weighted by Crippen LogP contribution is 2.34. The molecule has 1 aliphatic rings. The third-order valence-corrected chi connectivity index (χ3v) is 6.78. The normalized spacial score (nSPS) is 14.9. The van der Waals surface area contributed by atoms with Gasteiger partial charge in [0.1, 0.15) is 29.3 Å². The van der Waals surface area contributed by atoms with Gasteiger partial charge in [-0.25, -0.2) is 14.2 Å². The molecule has 0 aliphatic carbocycles. The lowest BCUT2D eigenvalue weighted by atomic mass is 10.0. The van der Waals surface area contributed by atoms with E-state index in [1.807, 2.05) is 42.5 Å². The number of benzene rings is 1. The molecule has 1 saturated heterocycles. The maximum absolute atomic E-state index is 14.5. The topological polar surface area (TPSA) is 84.3 Å². The summed E-state index contributed by atoms with van der Waals surface area (Å²) in [6, 6.07) is 14.6. The molecule has 1 aliphatic heterocycles. The van der Waals surface area contributed by atoms with Crippen LogP contribution in [0.4, 0.5) is 19.0 Å². The minimum absolute atomic E-state index is 0.0171. The molecule has 6 rings (SSSR count). The van der Waals surface area contributed by atoms with Crippen LogP contribution in [0, 0.1) is 29.6 Å². The van der Waals surface area contributed by atoms with E-state index < -0.39 is 12.5 Å². The molecule has 11 heteroatoms. The zero-order chi connectivity index (χ0) is 27.8. The number of anilines is 1. The molecule has 1 atom stereocenters. The molecule has 1 unspecified atom stereocenters. The fraction of sp³-hybridized carbons (Fsp3) is 0.172. The van der Waals surface area contributed by atoms with Gasteiger partial charge in [0, 0.05) is 59.4 Å². The summed E-state index contributed by atoms with van der Waals surface area (Å²) < 4.78 is 48.6. The summed E-state index contributed by atoms with van der Waals surface area (Å²) in [5, 5.41) is 17.1. The first-order chi connectivity index (χ1) is 19.4. The van der Waals surface area contributed by atoms with E-state index in [1.54, 1.807) is 12.3 Å². The van der Waals surface area contributed by atoms with E-state index in [2.05, 4.69) is 26.0 Å². The molecule has 4 aromatic heterocycles. The van der Waals surface area contributed by atoms with Gasteiger partial charge in [-0.1, -0.05) is 5.92 Å². The van der Waals surface area contributed by atoms with Crippen LogP contribution in [0.25, 0.3) is 27.8 Å². The Balaban J connectivity index is 1.28. The van der Waals surface area contributed by atoms with Crippen molar-refractivity contribution in [3.8, 4) is 46.4 Å². The number of nitrogens with zero attached hydrogens (tertiary/aromatic N) is 7. The van der Waals surface area contributed by atoms with E-state index in [0.29, 0.717) is 33.5 Å². The Hall–Kier alpha value is -5.29. The quantitative estimate of drug-likeness (QED) is 0.272. The minimum Gasteiger partial charge on any atom is -0.489 e. The average Bonchev–Trinajstić information content (AvgIpc) is 3.71. The first-order valence-electron chi connectivity index (χ1n) is 12.3. The van der Waals surface area contributed by atoms with Crippen LogP contribution in [-0.2, 0) is 0 Å². The third-order valence-electron chi connectivity index (χ3n) is 6.78. The highest BCUT2D eigenvalue weighted by molar-refractivity contribution is 5.87. The molecule has 40 heavy (non-hydrogen) atoms. The maximum Gasteiger partial charge on any atom is 0.333 e. The van der Waals surface area contributed by atoms with Gasteiger partial charge in [0.05, 0.1) is 18.3 Å². The molecule has 1 fully saturated rings. The van der Waals surface area contributed by atoms with E-state index in [9.17, 15) is 18.4 Å². The number of alkyl halides is 2. The maximum atomic E-state index is 14.5. The summed E-state index contributed by atoms with van der Waals surface area (Å²) in [6.45, 7) is -1.41. The molecule has 0 amide bonds. The smallest absolute Gasteiger partial charge is 0.333 e. The Kier molecular flexibility index (Phi) is 6.33. The van der Waals surface area contributed by atoms with Crippen LogP contribution < -0.4 is 9.64 Å². The second-order valence-electron chi connectivity index (χ2n) is 9.25. The lowest BCUT2D eigenvalue weighted by Crippen LogP contribution is -2.25. The van der Waals surface area contributed by atoms with Crippen LogP contribution in [0.5, 0.6) is 5.75 Å².